The highest BCUT2D eigenvalue weighted by molar-refractivity contribution is 5.98. The third-order valence-corrected chi connectivity index (χ3v) is 8.51. The van der Waals surface area contributed by atoms with E-state index in [9.17, 15) is 23.9 Å². The summed E-state index contributed by atoms with van der Waals surface area (Å²) in [5.74, 6) is -0.344. The number of aliphatic hydroxyl groups is 1. The Hall–Kier alpha value is -4.43. The number of hydrogen-bond acceptors (Lipinski definition) is 7. The second-order valence-corrected chi connectivity index (χ2v) is 11.2. The second-order valence-electron chi connectivity index (χ2n) is 11.2. The van der Waals surface area contributed by atoms with Crippen LogP contribution in [0.15, 0.2) is 48.9 Å². The van der Waals surface area contributed by atoms with Crippen LogP contribution >= 0.6 is 0 Å². The minimum Gasteiger partial charge on any atom is -0.434 e. The summed E-state index contributed by atoms with van der Waals surface area (Å²) in [4.78, 5) is 23.8. The molecule has 7 rings (SSSR count). The van der Waals surface area contributed by atoms with E-state index in [4.69, 9.17) is 9.84 Å². The molecule has 4 heterocycles. The molecule has 4 aromatic rings. The van der Waals surface area contributed by atoms with Gasteiger partial charge >= 0.3 is 6.61 Å². The normalized spacial score (nSPS) is 26.7. The summed E-state index contributed by atoms with van der Waals surface area (Å²) in [6.45, 7) is -1.22. The summed E-state index contributed by atoms with van der Waals surface area (Å²) < 4.78 is 33.3. The molecule has 2 bridgehead atoms. The molecule has 11 heteroatoms. The van der Waals surface area contributed by atoms with Crippen molar-refractivity contribution in [2.75, 3.05) is 7.05 Å². The molecule has 1 aromatic carbocycles. The predicted molar refractivity (Wildman–Crippen MR) is 137 cm³/mol. The topological polar surface area (TPSA) is 117 Å². The Kier molecular flexibility index (Phi) is 5.10. The molecule has 40 heavy (non-hydrogen) atoms. The summed E-state index contributed by atoms with van der Waals surface area (Å²) in [5.41, 5.74) is 2.91. The summed E-state index contributed by atoms with van der Waals surface area (Å²) >= 11 is 0. The van der Waals surface area contributed by atoms with Gasteiger partial charge in [0.05, 0.1) is 28.7 Å². The minimum absolute atomic E-state index is 0.00586. The van der Waals surface area contributed by atoms with Crippen LogP contribution in [0.5, 0.6) is 5.75 Å². The maximum Gasteiger partial charge on any atom is 0.387 e. The number of nitriles is 1. The number of rotatable bonds is 4. The van der Waals surface area contributed by atoms with E-state index in [-0.39, 0.29) is 42.3 Å². The molecule has 1 saturated carbocycles. The molecular weight excluding hydrogens is 518 g/mol. The number of halogens is 2. The minimum atomic E-state index is -3.02. The maximum absolute atomic E-state index is 13.3. The van der Waals surface area contributed by atoms with Gasteiger partial charge in [0.25, 0.3) is 5.91 Å². The highest BCUT2D eigenvalue weighted by Gasteiger charge is 2.54. The predicted octanol–water partition coefficient (Wildman–Crippen LogP) is 4.57. The van der Waals surface area contributed by atoms with Gasteiger partial charge in [0, 0.05) is 66.7 Å². The summed E-state index contributed by atoms with van der Waals surface area (Å²) in [5, 5.41) is 24.9. The first-order valence-electron chi connectivity index (χ1n) is 12.9. The third-order valence-electron chi connectivity index (χ3n) is 8.51. The fourth-order valence-electron chi connectivity index (χ4n) is 6.74. The van der Waals surface area contributed by atoms with Crippen LogP contribution in [-0.2, 0) is 5.60 Å². The number of alkyl halides is 2. The van der Waals surface area contributed by atoms with Crippen molar-refractivity contribution in [1.82, 2.24) is 24.5 Å². The Bertz CT molecular complexity index is 1740. The van der Waals surface area contributed by atoms with Gasteiger partial charge in [0.1, 0.15) is 11.4 Å². The average molecular weight is 543 g/mol. The standard InChI is InChI=1S/C29H24F2N6O3/c1-28(14-32)12-29(39,13-28)26-33-10-16(11-34-26)15-6-7-37-19(8-15)23-18-9-20(24(23)35-37)36(2)25(38)17-4-3-5-21(22(17)18)40-27(30)31/h3-8,10-11,18,20,27,39H,9,12-13H2,1-2H3. The van der Waals surface area contributed by atoms with Crippen LogP contribution in [0.4, 0.5) is 8.78 Å². The number of fused-ring (bicyclic) bond motifs is 9. The number of carbonyl (C=O) groups excluding carboxylic acids is 1. The first-order chi connectivity index (χ1) is 19.1. The van der Waals surface area contributed by atoms with Gasteiger partial charge in [0.15, 0.2) is 5.82 Å². The lowest BCUT2D eigenvalue weighted by atomic mass is 9.60. The molecule has 1 fully saturated rings. The van der Waals surface area contributed by atoms with Gasteiger partial charge in [-0.2, -0.15) is 19.1 Å². The molecule has 1 aliphatic heterocycles. The van der Waals surface area contributed by atoms with Crippen molar-refractivity contribution in [3.8, 4) is 22.9 Å². The molecule has 0 saturated heterocycles. The quantitative estimate of drug-likeness (QED) is 0.402. The largest absolute Gasteiger partial charge is 0.434 e. The van der Waals surface area contributed by atoms with Crippen molar-refractivity contribution in [3.63, 3.8) is 0 Å². The first-order valence-corrected chi connectivity index (χ1v) is 12.9. The molecule has 0 radical (unpaired) electrons. The van der Waals surface area contributed by atoms with Gasteiger partial charge in [0.2, 0.25) is 0 Å². The number of ether oxygens (including phenoxy) is 1. The van der Waals surface area contributed by atoms with E-state index in [0.717, 1.165) is 27.9 Å². The molecule has 2 atom stereocenters. The Labute approximate surface area is 227 Å². The Morgan fingerprint density at radius 2 is 1.93 bits per heavy atom. The van der Waals surface area contributed by atoms with E-state index in [1.807, 2.05) is 18.3 Å². The van der Waals surface area contributed by atoms with E-state index < -0.39 is 17.6 Å². The van der Waals surface area contributed by atoms with Crippen molar-refractivity contribution in [1.29, 1.82) is 5.26 Å². The van der Waals surface area contributed by atoms with Gasteiger partial charge in [-0.1, -0.05) is 6.07 Å². The Morgan fingerprint density at radius 1 is 1.18 bits per heavy atom. The van der Waals surface area contributed by atoms with Crippen molar-refractivity contribution in [2.45, 2.75) is 50.4 Å². The highest BCUT2D eigenvalue weighted by atomic mass is 19.3. The number of hydrogen-bond donors (Lipinski definition) is 1. The van der Waals surface area contributed by atoms with E-state index in [1.165, 1.54) is 6.07 Å². The molecule has 1 N–H and O–H groups in total. The number of nitrogens with zero attached hydrogens (tertiary/aromatic N) is 6. The van der Waals surface area contributed by atoms with E-state index in [0.29, 0.717) is 17.5 Å². The van der Waals surface area contributed by atoms with Crippen LogP contribution in [0.25, 0.3) is 16.6 Å². The fraction of sp³-hybridized carbons (Fsp3) is 0.345. The van der Waals surface area contributed by atoms with Crippen molar-refractivity contribution in [3.05, 3.63) is 77.1 Å². The van der Waals surface area contributed by atoms with Crippen LogP contribution in [0, 0.1) is 16.7 Å². The van der Waals surface area contributed by atoms with E-state index >= 15 is 0 Å². The monoisotopic (exact) mass is 542 g/mol. The van der Waals surface area contributed by atoms with Crippen molar-refractivity contribution in [2.24, 2.45) is 5.41 Å². The van der Waals surface area contributed by atoms with Gasteiger partial charge in [-0.05, 0) is 43.2 Å². The molecule has 2 unspecified atom stereocenters. The lowest BCUT2D eigenvalue weighted by molar-refractivity contribution is -0.109. The fourth-order valence-corrected chi connectivity index (χ4v) is 6.74. The van der Waals surface area contributed by atoms with Crippen molar-refractivity contribution >= 4 is 11.4 Å². The maximum atomic E-state index is 13.3. The Morgan fingerprint density at radius 3 is 2.62 bits per heavy atom. The van der Waals surface area contributed by atoms with Crippen molar-refractivity contribution < 1.29 is 23.4 Å². The van der Waals surface area contributed by atoms with Crippen LogP contribution in [-0.4, -0.2) is 49.2 Å². The zero-order valence-corrected chi connectivity index (χ0v) is 21.7. The van der Waals surface area contributed by atoms with Crippen LogP contribution in [0.1, 0.15) is 71.1 Å². The van der Waals surface area contributed by atoms with Gasteiger partial charge in [-0.15, -0.1) is 0 Å². The highest BCUT2D eigenvalue weighted by Crippen LogP contribution is 2.54. The zero-order chi connectivity index (χ0) is 28.0. The molecule has 3 aromatic heterocycles. The van der Waals surface area contributed by atoms with Gasteiger partial charge in [-0.25, -0.2) is 14.5 Å². The lowest BCUT2D eigenvalue weighted by Gasteiger charge is -2.46. The van der Waals surface area contributed by atoms with Crippen LogP contribution in [0.3, 0.4) is 0 Å². The van der Waals surface area contributed by atoms with Gasteiger partial charge in [-0.3, -0.25) is 4.79 Å². The molecule has 0 spiro atoms. The van der Waals surface area contributed by atoms with Gasteiger partial charge < -0.3 is 14.7 Å². The zero-order valence-electron chi connectivity index (χ0n) is 21.7. The number of carbonyl (C=O) groups is 1. The summed E-state index contributed by atoms with van der Waals surface area (Å²) in [6, 6.07) is 10.4. The van der Waals surface area contributed by atoms with E-state index in [1.54, 1.807) is 47.9 Å². The third kappa shape index (κ3) is 3.45. The first kappa shape index (κ1) is 24.6. The Balaban J connectivity index is 1.31. The SMILES string of the molecule is CN1C(=O)c2cccc(OC(F)F)c2C2CC1c1nn3ccc(-c4cnc(C5(O)CC(C)(C#N)C5)nc4)cc3c12. The smallest absolute Gasteiger partial charge is 0.387 e. The second kappa shape index (κ2) is 8.29. The lowest BCUT2D eigenvalue weighted by Crippen LogP contribution is -2.48. The summed E-state index contributed by atoms with van der Waals surface area (Å²) in [6.07, 6.45) is 6.17. The molecular formula is C29H24F2N6O3. The number of amides is 1. The molecule has 3 aliphatic rings. The average Bonchev–Trinajstić information content (AvgIpc) is 3.45. The molecule has 9 nitrogen and oxygen atoms in total. The number of aromatic nitrogens is 4. The molecule has 1 amide bonds. The van der Waals surface area contributed by atoms with Crippen LogP contribution in [0.2, 0.25) is 0 Å². The van der Waals surface area contributed by atoms with E-state index in [2.05, 4.69) is 16.0 Å². The number of pyridine rings is 1. The van der Waals surface area contributed by atoms with Crippen LogP contribution < -0.4 is 4.74 Å². The molecule has 2 aliphatic carbocycles. The number of benzene rings is 1. The molecule has 202 valence electrons. The summed E-state index contributed by atoms with van der Waals surface area (Å²) in [7, 11) is 1.71.